The maximum Gasteiger partial charge on any atom is 0.432 e. The van der Waals surface area contributed by atoms with Crippen LogP contribution in [0.2, 0.25) is 0 Å². The minimum Gasteiger partial charge on any atom is -0.307 e. The smallest absolute Gasteiger partial charge is 0.307 e. The fourth-order valence-electron chi connectivity index (χ4n) is 0.551. The Morgan fingerprint density at radius 1 is 1.36 bits per heavy atom. The highest BCUT2D eigenvalue weighted by atomic mass is 79.9. The normalized spacial score (nSPS) is 17.8. The lowest BCUT2D eigenvalue weighted by Gasteiger charge is -2.17. The molecule has 0 aliphatic carbocycles. The Morgan fingerprint density at radius 3 is 2.36 bits per heavy atom. The minimum atomic E-state index is -4.33. The van der Waals surface area contributed by atoms with Gasteiger partial charge in [-0.15, -0.1) is 0 Å². The van der Waals surface area contributed by atoms with Gasteiger partial charge in [-0.25, -0.2) is 0 Å². The second-order valence-electron chi connectivity index (χ2n) is 1.85. The highest BCUT2D eigenvalue weighted by Crippen LogP contribution is 2.26. The summed E-state index contributed by atoms with van der Waals surface area (Å²) >= 11 is 2.90. The fraction of sp³-hybridized carbons (Fsp3) is 0.200. The number of rotatable bonds is 0. The van der Waals surface area contributed by atoms with E-state index >= 15 is 0 Å². The van der Waals surface area contributed by atoms with Crippen LogP contribution in [-0.4, -0.2) is 6.18 Å². The number of hydrazine groups is 1. The molecule has 0 aromatic rings. The Balaban J connectivity index is 2.82. The van der Waals surface area contributed by atoms with E-state index in [0.29, 0.717) is 4.48 Å². The van der Waals surface area contributed by atoms with Crippen LogP contribution < -0.4 is 10.9 Å². The standard InChI is InChI=1S/C5H4BrF3N2/c6-3-1-4(5(7,8)9)11-10-2-3/h1-2,10-11H. The van der Waals surface area contributed by atoms with Crippen molar-refractivity contribution < 1.29 is 13.2 Å². The Bertz CT molecular complexity index is 218. The molecular formula is C5H4BrF3N2. The topological polar surface area (TPSA) is 24.1 Å². The van der Waals surface area contributed by atoms with E-state index in [4.69, 9.17) is 0 Å². The lowest BCUT2D eigenvalue weighted by Crippen LogP contribution is -2.36. The van der Waals surface area contributed by atoms with E-state index in [0.717, 1.165) is 6.08 Å². The maximum absolute atomic E-state index is 11.9. The monoisotopic (exact) mass is 228 g/mol. The summed E-state index contributed by atoms with van der Waals surface area (Å²) < 4.78 is 36.0. The highest BCUT2D eigenvalue weighted by molar-refractivity contribution is 9.11. The molecule has 0 radical (unpaired) electrons. The molecular weight excluding hydrogens is 225 g/mol. The molecule has 2 N–H and O–H groups in total. The van der Waals surface area contributed by atoms with Crippen LogP contribution in [0.15, 0.2) is 22.5 Å². The number of alkyl halides is 3. The van der Waals surface area contributed by atoms with Gasteiger partial charge in [-0.05, 0) is 22.0 Å². The number of allylic oxidation sites excluding steroid dienone is 3. The van der Waals surface area contributed by atoms with E-state index in [2.05, 4.69) is 21.4 Å². The number of nitrogens with one attached hydrogen (secondary N) is 2. The summed E-state index contributed by atoms with van der Waals surface area (Å²) in [6, 6.07) is 0. The van der Waals surface area contributed by atoms with E-state index in [9.17, 15) is 13.2 Å². The van der Waals surface area contributed by atoms with E-state index in [-0.39, 0.29) is 0 Å². The van der Waals surface area contributed by atoms with Crippen molar-refractivity contribution in [3.63, 3.8) is 0 Å². The largest absolute Gasteiger partial charge is 0.432 e. The maximum atomic E-state index is 11.9. The third-order valence-electron chi connectivity index (χ3n) is 1.00. The molecule has 1 aliphatic rings. The van der Waals surface area contributed by atoms with Crippen molar-refractivity contribution in [2.75, 3.05) is 0 Å². The summed E-state index contributed by atoms with van der Waals surface area (Å²) in [5.74, 6) is 0. The molecule has 0 amide bonds. The van der Waals surface area contributed by atoms with Crippen LogP contribution in [0.3, 0.4) is 0 Å². The van der Waals surface area contributed by atoms with Gasteiger partial charge in [0, 0.05) is 10.7 Å². The second-order valence-corrected chi connectivity index (χ2v) is 2.77. The van der Waals surface area contributed by atoms with Crippen molar-refractivity contribution in [3.05, 3.63) is 22.5 Å². The van der Waals surface area contributed by atoms with E-state index in [1.165, 1.54) is 6.20 Å². The third kappa shape index (κ3) is 2.14. The molecule has 0 saturated heterocycles. The van der Waals surface area contributed by atoms with Crippen molar-refractivity contribution in [2.24, 2.45) is 0 Å². The fourth-order valence-corrected chi connectivity index (χ4v) is 0.894. The molecule has 2 nitrogen and oxygen atoms in total. The van der Waals surface area contributed by atoms with E-state index in [1.54, 1.807) is 0 Å². The van der Waals surface area contributed by atoms with Gasteiger partial charge in [-0.2, -0.15) is 13.2 Å². The zero-order valence-corrected chi connectivity index (χ0v) is 6.75. The predicted octanol–water partition coefficient (Wildman–Crippen LogP) is 1.78. The van der Waals surface area contributed by atoms with Gasteiger partial charge < -0.3 is 5.43 Å². The van der Waals surface area contributed by atoms with E-state index in [1.807, 2.05) is 5.43 Å². The molecule has 0 bridgehead atoms. The van der Waals surface area contributed by atoms with Crippen LogP contribution in [0, 0.1) is 0 Å². The molecule has 0 unspecified atom stereocenters. The first-order chi connectivity index (χ1) is 5.00. The molecule has 0 aromatic carbocycles. The second kappa shape index (κ2) is 2.77. The minimum absolute atomic E-state index is 0.351. The molecule has 0 saturated carbocycles. The molecule has 0 fully saturated rings. The molecule has 1 aliphatic heterocycles. The molecule has 0 spiro atoms. The summed E-state index contributed by atoms with van der Waals surface area (Å²) in [5.41, 5.74) is 3.40. The Morgan fingerprint density at radius 2 is 2.00 bits per heavy atom. The van der Waals surface area contributed by atoms with Crippen LogP contribution in [0.4, 0.5) is 13.2 Å². The lowest BCUT2D eigenvalue weighted by atomic mass is 10.3. The van der Waals surface area contributed by atoms with Crippen LogP contribution in [0.25, 0.3) is 0 Å². The van der Waals surface area contributed by atoms with Gasteiger partial charge in [0.2, 0.25) is 0 Å². The molecule has 62 valence electrons. The molecule has 11 heavy (non-hydrogen) atoms. The summed E-state index contributed by atoms with van der Waals surface area (Å²) in [7, 11) is 0. The Kier molecular flexibility index (Phi) is 2.12. The Hall–Kier alpha value is -0.650. The van der Waals surface area contributed by atoms with E-state index < -0.39 is 11.9 Å². The SMILES string of the molecule is FC(F)(F)C1=CC(Br)=CNN1. The van der Waals surface area contributed by atoms with Crippen LogP contribution in [0.5, 0.6) is 0 Å². The molecule has 6 heteroatoms. The first kappa shape index (κ1) is 8.45. The van der Waals surface area contributed by atoms with Gasteiger partial charge in [0.1, 0.15) is 5.70 Å². The number of hydrogen-bond acceptors (Lipinski definition) is 2. The van der Waals surface area contributed by atoms with Crippen molar-refractivity contribution >= 4 is 15.9 Å². The zero-order valence-electron chi connectivity index (χ0n) is 5.17. The lowest BCUT2D eigenvalue weighted by molar-refractivity contribution is -0.0979. The zero-order chi connectivity index (χ0) is 8.48. The summed E-state index contributed by atoms with van der Waals surface area (Å²) in [5, 5.41) is 0. The van der Waals surface area contributed by atoms with Crippen molar-refractivity contribution in [1.82, 2.24) is 10.9 Å². The number of hydrogen-bond donors (Lipinski definition) is 2. The first-order valence-electron chi connectivity index (χ1n) is 2.66. The van der Waals surface area contributed by atoms with Gasteiger partial charge in [-0.1, -0.05) is 0 Å². The van der Waals surface area contributed by atoms with Crippen LogP contribution in [0.1, 0.15) is 0 Å². The predicted molar refractivity (Wildman–Crippen MR) is 37.4 cm³/mol. The first-order valence-corrected chi connectivity index (χ1v) is 3.45. The van der Waals surface area contributed by atoms with Gasteiger partial charge in [0.05, 0.1) is 0 Å². The van der Waals surface area contributed by atoms with Gasteiger partial charge >= 0.3 is 6.18 Å². The van der Waals surface area contributed by atoms with Crippen LogP contribution in [-0.2, 0) is 0 Å². The van der Waals surface area contributed by atoms with Gasteiger partial charge in [-0.3, -0.25) is 5.43 Å². The van der Waals surface area contributed by atoms with Crippen molar-refractivity contribution in [2.45, 2.75) is 6.18 Å². The van der Waals surface area contributed by atoms with Gasteiger partial charge in [0.25, 0.3) is 0 Å². The third-order valence-corrected chi connectivity index (χ3v) is 1.46. The van der Waals surface area contributed by atoms with Crippen molar-refractivity contribution in [3.8, 4) is 0 Å². The summed E-state index contributed by atoms with van der Waals surface area (Å²) in [4.78, 5) is 0. The Labute approximate surface area is 69.2 Å². The molecule has 1 heterocycles. The highest BCUT2D eigenvalue weighted by Gasteiger charge is 2.34. The average molecular weight is 229 g/mol. The molecule has 0 atom stereocenters. The summed E-state index contributed by atoms with van der Waals surface area (Å²) in [6.07, 6.45) is -2.01. The van der Waals surface area contributed by atoms with Crippen molar-refractivity contribution in [1.29, 1.82) is 0 Å². The quantitative estimate of drug-likeness (QED) is 0.661. The van der Waals surface area contributed by atoms with Gasteiger partial charge in [0.15, 0.2) is 0 Å². The molecule has 1 rings (SSSR count). The average Bonchev–Trinajstić information content (AvgIpc) is 1.86. The molecule has 0 aromatic heterocycles. The van der Waals surface area contributed by atoms with Crippen LogP contribution >= 0.6 is 15.9 Å². The summed E-state index contributed by atoms with van der Waals surface area (Å²) in [6.45, 7) is 0. The number of halogens is 4.